The van der Waals surface area contributed by atoms with Crippen molar-refractivity contribution in [3.05, 3.63) is 12.4 Å². The smallest absolute Gasteiger partial charge is 0.246 e. The fourth-order valence-corrected chi connectivity index (χ4v) is 4.24. The summed E-state index contributed by atoms with van der Waals surface area (Å²) in [6, 6.07) is 0. The first kappa shape index (κ1) is 22.9. The number of hydrogen-bond donors (Lipinski definition) is 1. The van der Waals surface area contributed by atoms with Gasteiger partial charge in [0, 0.05) is 45.5 Å². The first-order valence-electron chi connectivity index (χ1n) is 9.87. The van der Waals surface area contributed by atoms with Gasteiger partial charge in [-0.05, 0) is 26.9 Å². The van der Waals surface area contributed by atoms with E-state index in [1.54, 1.807) is 22.8 Å². The Balaban J connectivity index is 0.00000280. The lowest BCUT2D eigenvalue weighted by Gasteiger charge is -2.44. The van der Waals surface area contributed by atoms with Crippen molar-refractivity contribution in [2.45, 2.75) is 37.6 Å². The topological polar surface area (TPSA) is 69.0 Å². The number of halogens is 1. The summed E-state index contributed by atoms with van der Waals surface area (Å²) in [5, 5.41) is 7.73. The van der Waals surface area contributed by atoms with Gasteiger partial charge in [-0.2, -0.15) is 5.10 Å². The molecule has 0 aromatic carbocycles. The average molecular weight is 503 g/mol. The number of hydrogen-bond acceptors (Lipinski definition) is 4. The number of likely N-dealkylation sites (N-methyl/N-ethyl adjacent to an activating group) is 1. The Bertz CT molecular complexity index is 682. The number of piperazine rings is 1. The fourth-order valence-electron chi connectivity index (χ4n) is 4.24. The van der Waals surface area contributed by atoms with Gasteiger partial charge in [-0.3, -0.25) is 14.5 Å². The van der Waals surface area contributed by atoms with Crippen molar-refractivity contribution in [1.29, 1.82) is 0 Å². The summed E-state index contributed by atoms with van der Waals surface area (Å²) < 4.78 is 1.72. The number of nitrogens with one attached hydrogen (secondary N) is 1. The van der Waals surface area contributed by atoms with Crippen LogP contribution in [0.25, 0.3) is 0 Å². The number of carbonyl (C=O) groups is 1. The van der Waals surface area contributed by atoms with Crippen molar-refractivity contribution in [3.8, 4) is 0 Å². The fraction of sp³-hybridized carbons (Fsp3) is 0.737. The highest BCUT2D eigenvalue weighted by molar-refractivity contribution is 14.0. The molecule has 1 aliphatic heterocycles. The van der Waals surface area contributed by atoms with Gasteiger partial charge in [0.2, 0.25) is 5.91 Å². The van der Waals surface area contributed by atoms with E-state index in [2.05, 4.69) is 39.3 Å². The van der Waals surface area contributed by atoms with Gasteiger partial charge in [0.15, 0.2) is 5.96 Å². The van der Waals surface area contributed by atoms with Gasteiger partial charge in [-0.1, -0.05) is 19.3 Å². The number of aromatic nitrogens is 2. The summed E-state index contributed by atoms with van der Waals surface area (Å²) in [5.74, 6) is 0.901. The van der Waals surface area contributed by atoms with Crippen molar-refractivity contribution in [1.82, 2.24) is 24.9 Å². The number of aryl methyl sites for hydroxylation is 1. The van der Waals surface area contributed by atoms with Gasteiger partial charge in [0.1, 0.15) is 6.54 Å². The van der Waals surface area contributed by atoms with E-state index in [9.17, 15) is 4.79 Å². The molecule has 3 rings (SSSR count). The molecule has 8 nitrogen and oxygen atoms in total. The minimum Gasteiger partial charge on any atom is -0.354 e. The van der Waals surface area contributed by atoms with Crippen LogP contribution in [-0.4, -0.2) is 84.3 Å². The zero-order valence-electron chi connectivity index (χ0n) is 17.5. The highest BCUT2D eigenvalue weighted by Gasteiger charge is 2.35. The molecular formula is C19H34IN7O. The second kappa shape index (κ2) is 9.91. The van der Waals surface area contributed by atoms with Crippen LogP contribution in [0.3, 0.4) is 0 Å². The Morgan fingerprint density at radius 1 is 1.29 bits per heavy atom. The summed E-state index contributed by atoms with van der Waals surface area (Å²) in [4.78, 5) is 23.3. The second-order valence-corrected chi connectivity index (χ2v) is 7.92. The number of amides is 1. The minimum atomic E-state index is 0. The first-order valence-corrected chi connectivity index (χ1v) is 9.87. The van der Waals surface area contributed by atoms with E-state index in [-0.39, 0.29) is 35.4 Å². The standard InChI is InChI=1S/C19H33N7O.HI/c1-20-18(21-15-19(23(2)3)8-6-5-7-9-19)25-10-11-26(17(27)14-25)16-12-22-24(4)13-16;/h12-13H,5-11,14-15H2,1-4H3,(H,20,21);1H. The third-order valence-electron chi connectivity index (χ3n) is 6.04. The molecule has 1 aromatic rings. The molecule has 0 atom stereocenters. The molecule has 0 bridgehead atoms. The lowest BCUT2D eigenvalue weighted by Crippen LogP contribution is -2.59. The van der Waals surface area contributed by atoms with Crippen molar-refractivity contribution in [2.75, 3.05) is 52.2 Å². The van der Waals surface area contributed by atoms with Crippen LogP contribution in [0.4, 0.5) is 5.69 Å². The quantitative estimate of drug-likeness (QED) is 0.384. The van der Waals surface area contributed by atoms with Crippen LogP contribution in [0.1, 0.15) is 32.1 Å². The number of guanidine groups is 1. The summed E-state index contributed by atoms with van der Waals surface area (Å²) in [5.41, 5.74) is 1.04. The molecule has 1 amide bonds. The van der Waals surface area contributed by atoms with E-state index in [0.29, 0.717) is 13.1 Å². The van der Waals surface area contributed by atoms with Gasteiger partial charge in [0.25, 0.3) is 0 Å². The van der Waals surface area contributed by atoms with Crippen molar-refractivity contribution in [3.63, 3.8) is 0 Å². The summed E-state index contributed by atoms with van der Waals surface area (Å²) >= 11 is 0. The number of carbonyl (C=O) groups excluding carboxylic acids is 1. The molecule has 158 valence electrons. The molecular weight excluding hydrogens is 469 g/mol. The zero-order valence-corrected chi connectivity index (χ0v) is 19.8. The van der Waals surface area contributed by atoms with Gasteiger partial charge in [-0.25, -0.2) is 0 Å². The van der Waals surface area contributed by atoms with E-state index in [0.717, 1.165) is 24.7 Å². The van der Waals surface area contributed by atoms with Crippen LogP contribution in [0, 0.1) is 0 Å². The van der Waals surface area contributed by atoms with Crippen molar-refractivity contribution >= 4 is 41.5 Å². The summed E-state index contributed by atoms with van der Waals surface area (Å²) in [7, 11) is 8.00. The Labute approximate surface area is 185 Å². The third kappa shape index (κ3) is 4.97. The maximum absolute atomic E-state index is 12.7. The molecule has 2 aliphatic rings. The summed E-state index contributed by atoms with van der Waals surface area (Å²) in [6.07, 6.45) is 9.92. The molecule has 1 N–H and O–H groups in total. The van der Waals surface area contributed by atoms with Crippen LogP contribution in [0.15, 0.2) is 17.4 Å². The molecule has 1 aliphatic carbocycles. The lowest BCUT2D eigenvalue weighted by molar-refractivity contribution is -0.120. The van der Waals surface area contributed by atoms with Crippen molar-refractivity contribution < 1.29 is 4.79 Å². The van der Waals surface area contributed by atoms with E-state index >= 15 is 0 Å². The third-order valence-corrected chi connectivity index (χ3v) is 6.04. The summed E-state index contributed by atoms with van der Waals surface area (Å²) in [6.45, 7) is 2.60. The molecule has 1 saturated heterocycles. The van der Waals surface area contributed by atoms with Crippen LogP contribution < -0.4 is 10.2 Å². The lowest BCUT2D eigenvalue weighted by atomic mass is 9.80. The molecule has 28 heavy (non-hydrogen) atoms. The molecule has 0 radical (unpaired) electrons. The Hall–Kier alpha value is -1.36. The molecule has 2 fully saturated rings. The first-order chi connectivity index (χ1) is 12.9. The number of nitrogens with zero attached hydrogens (tertiary/aromatic N) is 6. The number of aliphatic imine (C=N–C) groups is 1. The molecule has 0 unspecified atom stereocenters. The predicted octanol–water partition coefficient (Wildman–Crippen LogP) is 1.53. The van der Waals surface area contributed by atoms with Gasteiger partial charge < -0.3 is 20.0 Å². The highest BCUT2D eigenvalue weighted by atomic mass is 127. The van der Waals surface area contributed by atoms with Crippen LogP contribution in [-0.2, 0) is 11.8 Å². The Morgan fingerprint density at radius 3 is 2.54 bits per heavy atom. The highest BCUT2D eigenvalue weighted by Crippen LogP contribution is 2.31. The largest absolute Gasteiger partial charge is 0.354 e. The molecule has 1 aromatic heterocycles. The second-order valence-electron chi connectivity index (χ2n) is 7.92. The molecule has 9 heteroatoms. The average Bonchev–Trinajstić information content (AvgIpc) is 3.09. The minimum absolute atomic E-state index is 0. The zero-order chi connectivity index (χ0) is 19.4. The molecule has 2 heterocycles. The maximum Gasteiger partial charge on any atom is 0.246 e. The Kier molecular flexibility index (Phi) is 8.11. The SMILES string of the molecule is CN=C(NCC1(N(C)C)CCCCC1)N1CCN(c2cnn(C)c2)C(=O)C1.I. The van der Waals surface area contributed by atoms with E-state index in [1.807, 2.05) is 13.2 Å². The maximum atomic E-state index is 12.7. The van der Waals surface area contributed by atoms with Gasteiger partial charge in [-0.15, -0.1) is 24.0 Å². The van der Waals surface area contributed by atoms with Gasteiger partial charge >= 0.3 is 0 Å². The predicted molar refractivity (Wildman–Crippen MR) is 123 cm³/mol. The van der Waals surface area contributed by atoms with E-state index in [1.165, 1.54) is 32.1 Å². The molecule has 1 saturated carbocycles. The Morgan fingerprint density at radius 2 is 2.00 bits per heavy atom. The number of anilines is 1. The van der Waals surface area contributed by atoms with E-state index in [4.69, 9.17) is 0 Å². The van der Waals surface area contributed by atoms with Crippen LogP contribution >= 0.6 is 24.0 Å². The normalized spacial score (nSPS) is 20.3. The van der Waals surface area contributed by atoms with E-state index < -0.39 is 0 Å². The molecule has 0 spiro atoms. The van der Waals surface area contributed by atoms with Crippen LogP contribution in [0.2, 0.25) is 0 Å². The van der Waals surface area contributed by atoms with Crippen LogP contribution in [0.5, 0.6) is 0 Å². The number of rotatable bonds is 4. The van der Waals surface area contributed by atoms with Crippen molar-refractivity contribution in [2.24, 2.45) is 12.0 Å². The van der Waals surface area contributed by atoms with Gasteiger partial charge in [0.05, 0.1) is 11.9 Å². The monoisotopic (exact) mass is 503 g/mol.